The molecule has 2 aromatic rings. The molecule has 0 unspecified atom stereocenters. The molecule has 1 fully saturated rings. The van der Waals surface area contributed by atoms with Crippen molar-refractivity contribution in [3.63, 3.8) is 0 Å². The number of carbonyl (C=O) groups excluding carboxylic acids is 1. The molecular formula is C16H17N3O4S. The summed E-state index contributed by atoms with van der Waals surface area (Å²) in [6.07, 6.45) is 5.24. The van der Waals surface area contributed by atoms with Crippen LogP contribution in [0, 0.1) is 0 Å². The molecule has 0 bridgehead atoms. The van der Waals surface area contributed by atoms with Crippen LogP contribution in [0.15, 0.2) is 18.5 Å². The van der Waals surface area contributed by atoms with Gasteiger partial charge in [0.25, 0.3) is 5.91 Å². The van der Waals surface area contributed by atoms with E-state index in [1.54, 1.807) is 17.2 Å². The van der Waals surface area contributed by atoms with Gasteiger partial charge in [0.05, 0.1) is 18.4 Å². The maximum atomic E-state index is 12.4. The van der Waals surface area contributed by atoms with Crippen LogP contribution < -0.4 is 0 Å². The fourth-order valence-corrected chi connectivity index (χ4v) is 4.77. The van der Waals surface area contributed by atoms with E-state index >= 15 is 0 Å². The quantitative estimate of drug-likeness (QED) is 0.865. The Balaban J connectivity index is 1.55. The first-order valence-electron chi connectivity index (χ1n) is 7.87. The third-order valence-corrected chi connectivity index (χ3v) is 6.14. The SMILES string of the molecule is O=C(O)c1cc2c(s1)C1(CCN(C(=O)c3cn[nH]c3)CC1)OCC2. The first kappa shape index (κ1) is 15.3. The number of nitrogens with one attached hydrogen (secondary N) is 1. The smallest absolute Gasteiger partial charge is 0.345 e. The van der Waals surface area contributed by atoms with Crippen molar-refractivity contribution < 1.29 is 19.4 Å². The lowest BCUT2D eigenvalue weighted by Gasteiger charge is -2.43. The van der Waals surface area contributed by atoms with E-state index in [0.29, 0.717) is 43.0 Å². The molecule has 1 amide bonds. The molecule has 4 rings (SSSR count). The van der Waals surface area contributed by atoms with Crippen LogP contribution >= 0.6 is 11.3 Å². The predicted octanol–water partition coefficient (Wildman–Crippen LogP) is 1.87. The van der Waals surface area contributed by atoms with Crippen molar-refractivity contribution in [2.24, 2.45) is 0 Å². The van der Waals surface area contributed by atoms with E-state index in [4.69, 9.17) is 4.74 Å². The average molecular weight is 347 g/mol. The molecule has 24 heavy (non-hydrogen) atoms. The second-order valence-electron chi connectivity index (χ2n) is 6.14. The maximum Gasteiger partial charge on any atom is 0.345 e. The molecule has 4 heterocycles. The van der Waals surface area contributed by atoms with Crippen LogP contribution in [0.1, 0.15) is 43.3 Å². The Morgan fingerprint density at radius 3 is 2.83 bits per heavy atom. The number of hydrogen-bond acceptors (Lipinski definition) is 5. The van der Waals surface area contributed by atoms with Gasteiger partial charge in [-0.25, -0.2) is 4.79 Å². The Hall–Kier alpha value is -2.19. The van der Waals surface area contributed by atoms with Gasteiger partial charge in [-0.3, -0.25) is 9.89 Å². The van der Waals surface area contributed by atoms with Crippen molar-refractivity contribution in [1.82, 2.24) is 15.1 Å². The highest BCUT2D eigenvalue weighted by atomic mass is 32.1. The monoisotopic (exact) mass is 347 g/mol. The first-order valence-corrected chi connectivity index (χ1v) is 8.69. The molecule has 2 aliphatic heterocycles. The number of H-pyrrole nitrogens is 1. The predicted molar refractivity (Wildman–Crippen MR) is 86.3 cm³/mol. The number of aromatic carboxylic acids is 1. The Labute approximate surface area is 142 Å². The van der Waals surface area contributed by atoms with Crippen LogP contribution in [0.3, 0.4) is 0 Å². The summed E-state index contributed by atoms with van der Waals surface area (Å²) in [5.74, 6) is -0.927. The Morgan fingerprint density at radius 2 is 2.17 bits per heavy atom. The lowest BCUT2D eigenvalue weighted by atomic mass is 9.85. The average Bonchev–Trinajstić information content (AvgIpc) is 3.25. The molecule has 126 valence electrons. The van der Waals surface area contributed by atoms with E-state index in [1.807, 2.05) is 0 Å². The fourth-order valence-electron chi connectivity index (χ4n) is 3.52. The summed E-state index contributed by atoms with van der Waals surface area (Å²) in [7, 11) is 0. The minimum absolute atomic E-state index is 0.0352. The number of thiophene rings is 1. The molecule has 1 saturated heterocycles. The van der Waals surface area contributed by atoms with Gasteiger partial charge >= 0.3 is 5.97 Å². The standard InChI is InChI=1S/C16H17N3O4S/c20-14(11-8-17-18-9-11)19-4-2-16(3-5-19)13-10(1-6-23-16)7-12(24-13)15(21)22/h7-9H,1-6H2,(H,17,18)(H,21,22). The molecule has 0 radical (unpaired) electrons. The number of nitrogens with zero attached hydrogens (tertiary/aromatic N) is 2. The number of piperidine rings is 1. The van der Waals surface area contributed by atoms with Crippen LogP contribution in [0.5, 0.6) is 0 Å². The summed E-state index contributed by atoms with van der Waals surface area (Å²) >= 11 is 1.31. The Morgan fingerprint density at radius 1 is 1.38 bits per heavy atom. The molecule has 2 N–H and O–H groups in total. The van der Waals surface area contributed by atoms with E-state index in [2.05, 4.69) is 10.2 Å². The number of ether oxygens (including phenoxy) is 1. The van der Waals surface area contributed by atoms with Gasteiger partial charge < -0.3 is 14.7 Å². The molecule has 0 saturated carbocycles. The molecule has 7 nitrogen and oxygen atoms in total. The van der Waals surface area contributed by atoms with Gasteiger partial charge in [-0.2, -0.15) is 5.10 Å². The van der Waals surface area contributed by atoms with Gasteiger partial charge in [0.15, 0.2) is 0 Å². The number of fused-ring (bicyclic) bond motifs is 2. The molecule has 2 aromatic heterocycles. The van der Waals surface area contributed by atoms with Crippen LogP contribution in [-0.2, 0) is 16.8 Å². The van der Waals surface area contributed by atoms with Crippen LogP contribution in [-0.4, -0.2) is 51.8 Å². The summed E-state index contributed by atoms with van der Waals surface area (Å²) < 4.78 is 6.11. The molecule has 0 aromatic carbocycles. The summed E-state index contributed by atoms with van der Waals surface area (Å²) in [4.78, 5) is 26.9. The number of aromatic nitrogens is 2. The minimum Gasteiger partial charge on any atom is -0.477 e. The number of carbonyl (C=O) groups is 2. The number of carboxylic acids is 1. The molecular weight excluding hydrogens is 330 g/mol. The number of amides is 1. The van der Waals surface area contributed by atoms with Crippen molar-refractivity contribution in [2.45, 2.75) is 24.9 Å². The van der Waals surface area contributed by atoms with Crippen molar-refractivity contribution in [3.8, 4) is 0 Å². The molecule has 0 aliphatic carbocycles. The lowest BCUT2D eigenvalue weighted by Crippen LogP contribution is -2.47. The van der Waals surface area contributed by atoms with Gasteiger partial charge in [0, 0.05) is 24.2 Å². The summed E-state index contributed by atoms with van der Waals surface area (Å²) in [6, 6.07) is 1.77. The van der Waals surface area contributed by atoms with E-state index in [0.717, 1.165) is 16.9 Å². The largest absolute Gasteiger partial charge is 0.477 e. The van der Waals surface area contributed by atoms with E-state index in [1.165, 1.54) is 17.5 Å². The molecule has 8 heteroatoms. The fraction of sp³-hybridized carbons (Fsp3) is 0.438. The normalized spacial score (nSPS) is 19.2. The van der Waals surface area contributed by atoms with Gasteiger partial charge in [-0.15, -0.1) is 11.3 Å². The van der Waals surface area contributed by atoms with Crippen molar-refractivity contribution >= 4 is 23.2 Å². The number of carboxylic acid groups (broad SMARTS) is 1. The van der Waals surface area contributed by atoms with E-state index < -0.39 is 11.6 Å². The van der Waals surface area contributed by atoms with Crippen molar-refractivity contribution in [3.05, 3.63) is 39.3 Å². The van der Waals surface area contributed by atoms with Gasteiger partial charge in [0.2, 0.25) is 0 Å². The van der Waals surface area contributed by atoms with Gasteiger partial charge in [-0.05, 0) is 30.9 Å². The highest BCUT2D eigenvalue weighted by molar-refractivity contribution is 7.14. The summed E-state index contributed by atoms with van der Waals surface area (Å²) in [6.45, 7) is 1.77. The second kappa shape index (κ2) is 5.71. The van der Waals surface area contributed by atoms with Crippen LogP contribution in [0.4, 0.5) is 0 Å². The molecule has 0 atom stereocenters. The van der Waals surface area contributed by atoms with Crippen LogP contribution in [0.2, 0.25) is 0 Å². The van der Waals surface area contributed by atoms with Crippen LogP contribution in [0.25, 0.3) is 0 Å². The molecule has 1 spiro atoms. The second-order valence-corrected chi connectivity index (χ2v) is 7.19. The zero-order chi connectivity index (χ0) is 16.7. The number of rotatable bonds is 2. The number of aromatic amines is 1. The zero-order valence-electron chi connectivity index (χ0n) is 12.9. The highest BCUT2D eigenvalue weighted by Gasteiger charge is 2.43. The first-order chi connectivity index (χ1) is 11.6. The number of likely N-dealkylation sites (tertiary alicyclic amines) is 1. The lowest BCUT2D eigenvalue weighted by molar-refractivity contribution is -0.0906. The zero-order valence-corrected chi connectivity index (χ0v) is 13.8. The highest BCUT2D eigenvalue weighted by Crippen LogP contribution is 2.45. The van der Waals surface area contributed by atoms with E-state index in [-0.39, 0.29) is 5.91 Å². The van der Waals surface area contributed by atoms with Crippen molar-refractivity contribution in [2.75, 3.05) is 19.7 Å². The summed E-state index contributed by atoms with van der Waals surface area (Å²) in [5, 5.41) is 15.7. The molecule has 2 aliphatic rings. The Bertz CT molecular complexity index is 775. The minimum atomic E-state index is -0.892. The van der Waals surface area contributed by atoms with Gasteiger partial charge in [-0.1, -0.05) is 0 Å². The third-order valence-electron chi connectivity index (χ3n) is 4.79. The van der Waals surface area contributed by atoms with Gasteiger partial charge in [0.1, 0.15) is 10.5 Å². The number of hydrogen-bond donors (Lipinski definition) is 2. The van der Waals surface area contributed by atoms with Crippen molar-refractivity contribution in [1.29, 1.82) is 0 Å². The van der Waals surface area contributed by atoms with E-state index in [9.17, 15) is 14.7 Å². The third kappa shape index (κ3) is 2.42. The Kier molecular flexibility index (Phi) is 3.65. The topological polar surface area (TPSA) is 95.5 Å². The maximum absolute atomic E-state index is 12.4. The summed E-state index contributed by atoms with van der Waals surface area (Å²) in [5.41, 5.74) is 1.19.